The van der Waals surface area contributed by atoms with Gasteiger partial charge in [-0.3, -0.25) is 0 Å². The van der Waals surface area contributed by atoms with Crippen LogP contribution in [0, 0.1) is 0 Å². The highest BCUT2D eigenvalue weighted by Crippen LogP contribution is 2.45. The summed E-state index contributed by atoms with van der Waals surface area (Å²) in [5, 5.41) is 6.69. The summed E-state index contributed by atoms with van der Waals surface area (Å²) in [6, 6.07) is 43.9. The van der Waals surface area contributed by atoms with Gasteiger partial charge in [-0.15, -0.1) is 0 Å². The van der Waals surface area contributed by atoms with E-state index in [4.69, 9.17) is 0 Å². The van der Waals surface area contributed by atoms with E-state index in [9.17, 15) is 0 Å². The first-order valence-corrected chi connectivity index (χ1v) is 14.4. The van der Waals surface area contributed by atoms with Gasteiger partial charge in [0.1, 0.15) is 0 Å². The third-order valence-corrected chi connectivity index (χ3v) is 8.17. The third-order valence-electron chi connectivity index (χ3n) is 6.96. The summed E-state index contributed by atoms with van der Waals surface area (Å²) in [6.07, 6.45) is 0. The second-order valence-corrected chi connectivity index (χ2v) is 10.1. The topological polar surface area (TPSA) is 0 Å². The highest BCUT2D eigenvalue weighted by Gasteiger charge is 2.20. The van der Waals surface area contributed by atoms with E-state index < -0.39 is 0 Å². The molecule has 0 nitrogen and oxygen atoms in total. The summed E-state index contributed by atoms with van der Waals surface area (Å²) in [5.74, 6) is 0. The van der Waals surface area contributed by atoms with Crippen LogP contribution in [0.1, 0.15) is 11.1 Å². The quantitative estimate of drug-likeness (QED) is 0.175. The van der Waals surface area contributed by atoms with Crippen LogP contribution in [-0.2, 0) is 10.7 Å². The zero-order chi connectivity index (χ0) is 24.5. The van der Waals surface area contributed by atoms with Crippen molar-refractivity contribution < 1.29 is 0 Å². The molecule has 0 fully saturated rings. The van der Waals surface area contributed by atoms with Gasteiger partial charge in [0, 0.05) is 10.7 Å². The van der Waals surface area contributed by atoms with Crippen molar-refractivity contribution in [2.45, 2.75) is 10.7 Å². The molecule has 0 atom stereocenters. The highest BCUT2D eigenvalue weighted by molar-refractivity contribution is 9.08. The van der Waals surface area contributed by atoms with Crippen LogP contribution in [0.3, 0.4) is 0 Å². The lowest BCUT2D eigenvalue weighted by molar-refractivity contribution is 1.41. The fraction of sp³-hybridized carbons (Fsp3) is 0.0588. The Kier molecular flexibility index (Phi) is 6.48. The standard InChI is InChI=1S/C34H24Br2/c35-21-25-19-31(23-11-3-1-4-12-23)27-15-7-9-17-29(27)33(25)34-26(22-36)20-32(24-13-5-2-6-14-24)28-16-8-10-18-30(28)34/h1-20H,21-22H2. The minimum absolute atomic E-state index is 0.781. The van der Waals surface area contributed by atoms with E-state index in [1.807, 2.05) is 0 Å². The van der Waals surface area contributed by atoms with Gasteiger partial charge >= 0.3 is 0 Å². The van der Waals surface area contributed by atoms with Crippen LogP contribution in [-0.4, -0.2) is 0 Å². The van der Waals surface area contributed by atoms with E-state index in [1.165, 1.54) is 66.1 Å². The molecule has 0 unspecified atom stereocenters. The number of benzene rings is 6. The summed E-state index contributed by atoms with van der Waals surface area (Å²) in [4.78, 5) is 0. The van der Waals surface area contributed by atoms with Gasteiger partial charge in [0.2, 0.25) is 0 Å². The average Bonchev–Trinajstić information content (AvgIpc) is 2.96. The molecule has 0 saturated carbocycles. The monoisotopic (exact) mass is 590 g/mol. The summed E-state index contributed by atoms with van der Waals surface area (Å²) >= 11 is 7.70. The number of hydrogen-bond acceptors (Lipinski definition) is 0. The molecule has 0 aliphatic rings. The van der Waals surface area contributed by atoms with Crippen LogP contribution in [0.15, 0.2) is 121 Å². The van der Waals surface area contributed by atoms with Gasteiger partial charge in [-0.05, 0) is 78.2 Å². The van der Waals surface area contributed by atoms with Crippen molar-refractivity contribution in [3.05, 3.63) is 132 Å². The van der Waals surface area contributed by atoms with Crippen LogP contribution in [0.5, 0.6) is 0 Å². The first-order chi connectivity index (χ1) is 17.8. The second-order valence-electron chi connectivity index (χ2n) is 9.01. The Morgan fingerprint density at radius 3 is 1.08 bits per heavy atom. The fourth-order valence-corrected chi connectivity index (χ4v) is 6.27. The van der Waals surface area contributed by atoms with Gasteiger partial charge in [-0.25, -0.2) is 0 Å². The summed E-state index contributed by atoms with van der Waals surface area (Å²) in [6.45, 7) is 0. The molecule has 36 heavy (non-hydrogen) atoms. The lowest BCUT2D eigenvalue weighted by Gasteiger charge is -2.22. The average molecular weight is 592 g/mol. The van der Waals surface area contributed by atoms with E-state index in [0.29, 0.717) is 0 Å². The number of alkyl halides is 2. The molecule has 6 aromatic rings. The smallest absolute Gasteiger partial charge is 0.0289 e. The molecule has 0 heterocycles. The van der Waals surface area contributed by atoms with Crippen LogP contribution in [0.4, 0.5) is 0 Å². The minimum atomic E-state index is 0.781. The van der Waals surface area contributed by atoms with Crippen molar-refractivity contribution in [1.29, 1.82) is 0 Å². The maximum atomic E-state index is 3.85. The van der Waals surface area contributed by atoms with Crippen molar-refractivity contribution in [2.24, 2.45) is 0 Å². The molecule has 0 aromatic heterocycles. The predicted molar refractivity (Wildman–Crippen MR) is 163 cm³/mol. The molecule has 174 valence electrons. The van der Waals surface area contributed by atoms with Gasteiger partial charge in [0.15, 0.2) is 0 Å². The van der Waals surface area contributed by atoms with E-state index in [0.717, 1.165) is 10.7 Å². The van der Waals surface area contributed by atoms with Gasteiger partial charge in [0.25, 0.3) is 0 Å². The predicted octanol–water partition coefficient (Wildman–Crippen LogP) is 10.8. The normalized spacial score (nSPS) is 11.3. The molecule has 0 aliphatic carbocycles. The largest absolute Gasteiger partial charge is 0.0876 e. The molecular formula is C34H24Br2. The highest BCUT2D eigenvalue weighted by atomic mass is 79.9. The van der Waals surface area contributed by atoms with Crippen LogP contribution >= 0.6 is 31.9 Å². The molecule has 2 heteroatoms. The molecule has 0 spiro atoms. The fourth-order valence-electron chi connectivity index (χ4n) is 5.38. The Morgan fingerprint density at radius 1 is 0.389 bits per heavy atom. The molecule has 6 aromatic carbocycles. The lowest BCUT2D eigenvalue weighted by Crippen LogP contribution is -1.98. The molecule has 0 aliphatic heterocycles. The summed E-state index contributed by atoms with van der Waals surface area (Å²) < 4.78 is 0. The van der Waals surface area contributed by atoms with Crippen molar-refractivity contribution in [3.8, 4) is 33.4 Å². The zero-order valence-corrected chi connectivity index (χ0v) is 22.9. The summed E-state index contributed by atoms with van der Waals surface area (Å²) in [7, 11) is 0. The van der Waals surface area contributed by atoms with Crippen LogP contribution in [0.2, 0.25) is 0 Å². The second kappa shape index (κ2) is 10.0. The molecule has 0 amide bonds. The summed E-state index contributed by atoms with van der Waals surface area (Å²) in [5.41, 5.74) is 10.3. The van der Waals surface area contributed by atoms with Crippen molar-refractivity contribution in [2.75, 3.05) is 0 Å². The van der Waals surface area contributed by atoms with E-state index in [-0.39, 0.29) is 0 Å². The maximum absolute atomic E-state index is 3.85. The first-order valence-electron chi connectivity index (χ1n) is 12.1. The third kappa shape index (κ3) is 3.99. The Morgan fingerprint density at radius 2 is 0.722 bits per heavy atom. The van der Waals surface area contributed by atoms with Crippen LogP contribution < -0.4 is 0 Å². The maximum Gasteiger partial charge on any atom is 0.0289 e. The molecule has 0 N–H and O–H groups in total. The number of halogens is 2. The SMILES string of the molecule is BrCc1cc(-c2ccccc2)c2ccccc2c1-c1c(CBr)cc(-c2ccccc2)c2ccccc12. The zero-order valence-electron chi connectivity index (χ0n) is 19.7. The Hall–Kier alpha value is -3.20. The molecule has 0 bridgehead atoms. The van der Waals surface area contributed by atoms with E-state index in [2.05, 4.69) is 153 Å². The van der Waals surface area contributed by atoms with Gasteiger partial charge in [-0.1, -0.05) is 141 Å². The van der Waals surface area contributed by atoms with Gasteiger partial charge in [0.05, 0.1) is 0 Å². The minimum Gasteiger partial charge on any atom is -0.0876 e. The van der Waals surface area contributed by atoms with Crippen molar-refractivity contribution in [3.63, 3.8) is 0 Å². The Balaban J connectivity index is 1.74. The molecular weight excluding hydrogens is 568 g/mol. The van der Waals surface area contributed by atoms with Gasteiger partial charge < -0.3 is 0 Å². The van der Waals surface area contributed by atoms with E-state index >= 15 is 0 Å². The first kappa shape index (κ1) is 23.2. The number of hydrogen-bond donors (Lipinski definition) is 0. The Bertz CT molecular complexity index is 1560. The van der Waals surface area contributed by atoms with Crippen molar-refractivity contribution >= 4 is 53.4 Å². The van der Waals surface area contributed by atoms with Crippen LogP contribution in [0.25, 0.3) is 54.9 Å². The van der Waals surface area contributed by atoms with E-state index in [1.54, 1.807) is 0 Å². The lowest BCUT2D eigenvalue weighted by atomic mass is 9.83. The van der Waals surface area contributed by atoms with Gasteiger partial charge in [-0.2, -0.15) is 0 Å². The molecule has 6 rings (SSSR count). The number of rotatable bonds is 5. The van der Waals surface area contributed by atoms with Crippen molar-refractivity contribution in [1.82, 2.24) is 0 Å². The molecule has 0 radical (unpaired) electrons. The molecule has 0 saturated heterocycles. The number of fused-ring (bicyclic) bond motifs is 2. The Labute approximate surface area is 228 Å².